The number of hydrogen-bond donors (Lipinski definition) is 2. The Morgan fingerprint density at radius 2 is 2.44 bits per heavy atom. The van der Waals surface area contributed by atoms with Crippen LogP contribution in [-0.2, 0) is 0 Å². The molecule has 0 saturated heterocycles. The lowest BCUT2D eigenvalue weighted by atomic mass is 10.2. The number of aromatic nitrogens is 4. The summed E-state index contributed by atoms with van der Waals surface area (Å²) in [6.07, 6.45) is 2.94. The van der Waals surface area contributed by atoms with E-state index in [0.717, 1.165) is 5.56 Å². The van der Waals surface area contributed by atoms with Crippen molar-refractivity contribution in [1.29, 1.82) is 0 Å². The van der Waals surface area contributed by atoms with E-state index in [9.17, 15) is 4.79 Å². The molecule has 2 heterocycles. The summed E-state index contributed by atoms with van der Waals surface area (Å²) in [5.74, 6) is 6.07. The first kappa shape index (κ1) is 10.1. The van der Waals surface area contributed by atoms with Crippen molar-refractivity contribution in [3.63, 3.8) is 0 Å². The van der Waals surface area contributed by atoms with Crippen LogP contribution in [0.3, 0.4) is 0 Å². The molecule has 0 aliphatic heterocycles. The van der Waals surface area contributed by atoms with Crippen molar-refractivity contribution in [3.8, 4) is 17.7 Å². The van der Waals surface area contributed by atoms with Crippen LogP contribution >= 0.6 is 0 Å². The highest BCUT2D eigenvalue weighted by molar-refractivity contribution is 5.38. The zero-order valence-corrected chi connectivity index (χ0v) is 8.34. The molecule has 2 rings (SSSR count). The van der Waals surface area contributed by atoms with Crippen LogP contribution in [0.1, 0.15) is 5.56 Å². The second-order valence-electron chi connectivity index (χ2n) is 2.94. The van der Waals surface area contributed by atoms with Gasteiger partial charge in [0.15, 0.2) is 0 Å². The molecular weight excluding hydrogens is 206 g/mol. The Bertz CT molecular complexity index is 601. The number of aromatic amines is 1. The van der Waals surface area contributed by atoms with Crippen molar-refractivity contribution in [3.05, 3.63) is 40.7 Å². The van der Waals surface area contributed by atoms with Crippen LogP contribution in [0, 0.1) is 11.8 Å². The van der Waals surface area contributed by atoms with Gasteiger partial charge in [-0.15, -0.1) is 0 Å². The van der Waals surface area contributed by atoms with Gasteiger partial charge in [-0.1, -0.05) is 11.8 Å². The minimum Gasteiger partial charge on any atom is -0.320 e. The van der Waals surface area contributed by atoms with Crippen molar-refractivity contribution in [2.24, 2.45) is 5.73 Å². The Balaban J connectivity index is 2.44. The van der Waals surface area contributed by atoms with E-state index < -0.39 is 0 Å². The van der Waals surface area contributed by atoms with Crippen LogP contribution in [0.25, 0.3) is 5.82 Å². The standard InChI is InChI=1S/C10H9N5O/c11-4-1-2-8-3-5-12-9(6-8)15-7-13-14-10(15)16/h3,5-7H,4,11H2,(H,14,16). The van der Waals surface area contributed by atoms with Crippen molar-refractivity contribution in [2.45, 2.75) is 0 Å². The van der Waals surface area contributed by atoms with Gasteiger partial charge in [0, 0.05) is 11.8 Å². The Morgan fingerprint density at radius 3 is 3.12 bits per heavy atom. The maximum absolute atomic E-state index is 11.3. The predicted molar refractivity (Wildman–Crippen MR) is 57.9 cm³/mol. The van der Waals surface area contributed by atoms with Gasteiger partial charge >= 0.3 is 5.69 Å². The molecule has 0 saturated carbocycles. The van der Waals surface area contributed by atoms with E-state index in [1.54, 1.807) is 18.3 Å². The van der Waals surface area contributed by atoms with Crippen LogP contribution < -0.4 is 11.4 Å². The molecule has 6 heteroatoms. The molecule has 2 aromatic rings. The fourth-order valence-corrected chi connectivity index (χ4v) is 1.19. The number of rotatable bonds is 1. The van der Waals surface area contributed by atoms with E-state index in [2.05, 4.69) is 27.0 Å². The van der Waals surface area contributed by atoms with Gasteiger partial charge in [0.1, 0.15) is 12.1 Å². The van der Waals surface area contributed by atoms with Crippen molar-refractivity contribution in [1.82, 2.24) is 19.7 Å². The molecule has 0 unspecified atom stereocenters. The van der Waals surface area contributed by atoms with Crippen LogP contribution in [0.4, 0.5) is 0 Å². The maximum Gasteiger partial charge on any atom is 0.348 e. The lowest BCUT2D eigenvalue weighted by Gasteiger charge is -1.98. The average Bonchev–Trinajstić information content (AvgIpc) is 2.73. The molecule has 0 fully saturated rings. The number of hydrogen-bond acceptors (Lipinski definition) is 4. The van der Waals surface area contributed by atoms with Gasteiger partial charge in [0.2, 0.25) is 0 Å². The Morgan fingerprint density at radius 1 is 1.56 bits per heavy atom. The first-order chi connectivity index (χ1) is 7.81. The van der Waals surface area contributed by atoms with Crippen LogP contribution in [0.2, 0.25) is 0 Å². The number of nitrogens with zero attached hydrogens (tertiary/aromatic N) is 3. The molecule has 0 radical (unpaired) electrons. The van der Waals surface area contributed by atoms with Crippen LogP contribution in [0.5, 0.6) is 0 Å². The van der Waals surface area contributed by atoms with E-state index in [0.29, 0.717) is 12.4 Å². The number of nitrogens with one attached hydrogen (secondary N) is 1. The summed E-state index contributed by atoms with van der Waals surface area (Å²) in [7, 11) is 0. The summed E-state index contributed by atoms with van der Waals surface area (Å²) >= 11 is 0. The Labute approximate surface area is 91.1 Å². The number of pyridine rings is 1. The predicted octanol–water partition coefficient (Wildman–Crippen LogP) is -0.734. The fourth-order valence-electron chi connectivity index (χ4n) is 1.19. The topological polar surface area (TPSA) is 89.6 Å². The van der Waals surface area contributed by atoms with Gasteiger partial charge in [0.25, 0.3) is 0 Å². The molecular formula is C10H9N5O. The van der Waals surface area contributed by atoms with Gasteiger partial charge in [-0.25, -0.2) is 19.4 Å². The first-order valence-corrected chi connectivity index (χ1v) is 4.58. The highest BCUT2D eigenvalue weighted by atomic mass is 16.1. The van der Waals surface area contributed by atoms with Crippen molar-refractivity contribution >= 4 is 0 Å². The molecule has 3 N–H and O–H groups in total. The molecule has 0 amide bonds. The lowest BCUT2D eigenvalue weighted by Crippen LogP contribution is -2.15. The summed E-state index contributed by atoms with van der Waals surface area (Å²) in [5, 5.41) is 5.91. The molecule has 0 aliphatic carbocycles. The highest BCUT2D eigenvalue weighted by Gasteiger charge is 2.01. The van der Waals surface area contributed by atoms with Crippen molar-refractivity contribution in [2.75, 3.05) is 6.54 Å². The molecule has 0 aliphatic rings. The molecule has 6 nitrogen and oxygen atoms in total. The van der Waals surface area contributed by atoms with Gasteiger partial charge in [-0.05, 0) is 12.1 Å². The van der Waals surface area contributed by atoms with Gasteiger partial charge in [-0.2, -0.15) is 5.10 Å². The summed E-state index contributed by atoms with van der Waals surface area (Å²) < 4.78 is 1.30. The maximum atomic E-state index is 11.3. The van der Waals surface area contributed by atoms with Gasteiger partial charge < -0.3 is 5.73 Å². The Hall–Kier alpha value is -2.39. The summed E-state index contributed by atoms with van der Waals surface area (Å²) in [4.78, 5) is 15.3. The molecule has 0 aromatic carbocycles. The van der Waals surface area contributed by atoms with Crippen LogP contribution in [-0.4, -0.2) is 26.3 Å². The monoisotopic (exact) mass is 215 g/mol. The highest BCUT2D eigenvalue weighted by Crippen LogP contribution is 2.02. The van der Waals surface area contributed by atoms with E-state index >= 15 is 0 Å². The average molecular weight is 215 g/mol. The quantitative estimate of drug-likeness (QED) is 0.613. The minimum absolute atomic E-state index is 0.295. The van der Waals surface area contributed by atoms with Gasteiger partial charge in [-0.3, -0.25) is 0 Å². The smallest absolute Gasteiger partial charge is 0.320 e. The molecule has 16 heavy (non-hydrogen) atoms. The van der Waals surface area contributed by atoms with E-state index in [1.807, 2.05) is 0 Å². The summed E-state index contributed by atoms with van der Waals surface area (Å²) in [6.45, 7) is 0.295. The summed E-state index contributed by atoms with van der Waals surface area (Å²) in [6, 6.07) is 3.44. The largest absolute Gasteiger partial charge is 0.348 e. The lowest BCUT2D eigenvalue weighted by molar-refractivity contribution is 0.939. The molecule has 0 bridgehead atoms. The molecule has 0 atom stereocenters. The van der Waals surface area contributed by atoms with Crippen LogP contribution in [0.15, 0.2) is 29.5 Å². The zero-order chi connectivity index (χ0) is 11.4. The number of nitrogens with two attached hydrogens (primary N) is 1. The van der Waals surface area contributed by atoms with E-state index in [1.165, 1.54) is 10.9 Å². The van der Waals surface area contributed by atoms with E-state index in [4.69, 9.17) is 5.73 Å². The van der Waals surface area contributed by atoms with E-state index in [-0.39, 0.29) is 5.69 Å². The molecule has 0 spiro atoms. The normalized spacial score (nSPS) is 9.56. The SMILES string of the molecule is NCC#Cc1ccnc(-n2cn[nH]c2=O)c1. The zero-order valence-electron chi connectivity index (χ0n) is 8.34. The first-order valence-electron chi connectivity index (χ1n) is 4.58. The summed E-state index contributed by atoms with van der Waals surface area (Å²) in [5.41, 5.74) is 5.69. The second kappa shape index (κ2) is 4.42. The van der Waals surface area contributed by atoms with Gasteiger partial charge in [0.05, 0.1) is 6.54 Å². The molecule has 2 aromatic heterocycles. The van der Waals surface area contributed by atoms with Crippen molar-refractivity contribution < 1.29 is 0 Å². The molecule has 80 valence electrons. The third kappa shape index (κ3) is 1.99. The number of H-pyrrole nitrogens is 1. The second-order valence-corrected chi connectivity index (χ2v) is 2.94. The third-order valence-corrected chi connectivity index (χ3v) is 1.88. The fraction of sp³-hybridized carbons (Fsp3) is 0.100. The minimum atomic E-state index is -0.337. The Kier molecular flexibility index (Phi) is 2.80. The third-order valence-electron chi connectivity index (χ3n) is 1.88.